The van der Waals surface area contributed by atoms with E-state index in [9.17, 15) is 16.8 Å². The van der Waals surface area contributed by atoms with Crippen LogP contribution in [0.4, 0.5) is 11.9 Å². The normalized spacial score (nSPS) is 11.2. The average Bonchev–Trinajstić information content (AvgIpc) is 4.00. The summed E-state index contributed by atoms with van der Waals surface area (Å²) in [6.45, 7) is 19.4. The Labute approximate surface area is 390 Å². The summed E-state index contributed by atoms with van der Waals surface area (Å²) in [5.74, 6) is 6.20. The van der Waals surface area contributed by atoms with Crippen LogP contribution in [0, 0.1) is 25.3 Å². The number of nitrogens with one attached hydrogen (secondary N) is 1. The first-order valence-corrected chi connectivity index (χ1v) is 23.9. The number of rotatable bonds is 13. The SMILES string of the molecule is C.CCN(CC)CC.CCOC=NC#N.CCS(=O)(=O)c1cnc(-n2ncnc2N)nc1-c1nc2cc(C)cnc2n1C.CCS(=O)(=O)c1cnc(NN)nc1-c1nc2cc(C)cnc2n1C. The number of fused-ring (bicyclic) bond motifs is 2. The van der Waals surface area contributed by atoms with Crippen LogP contribution in [0.15, 0.2) is 58.0 Å². The molecule has 7 aromatic heterocycles. The van der Waals surface area contributed by atoms with E-state index in [1.54, 1.807) is 55.7 Å². The highest BCUT2D eigenvalue weighted by atomic mass is 32.2. The molecule has 0 spiro atoms. The summed E-state index contributed by atoms with van der Waals surface area (Å²) in [7, 11) is -3.63. The van der Waals surface area contributed by atoms with E-state index in [0.29, 0.717) is 40.6 Å². The highest BCUT2D eigenvalue weighted by Gasteiger charge is 2.27. The van der Waals surface area contributed by atoms with Crippen LogP contribution in [-0.2, 0) is 38.5 Å². The van der Waals surface area contributed by atoms with Crippen LogP contribution in [0.5, 0.6) is 0 Å². The third kappa shape index (κ3) is 13.1. The Balaban J connectivity index is 0.000000276. The highest BCUT2D eigenvalue weighted by Crippen LogP contribution is 2.30. The van der Waals surface area contributed by atoms with Crippen LogP contribution < -0.4 is 17.0 Å². The minimum Gasteiger partial charge on any atom is -0.483 e. The number of ether oxygens (including phenoxy) is 1. The molecule has 0 aliphatic heterocycles. The van der Waals surface area contributed by atoms with E-state index < -0.39 is 19.7 Å². The predicted molar refractivity (Wildman–Crippen MR) is 257 cm³/mol. The molecule has 0 atom stereocenters. The molecule has 0 saturated heterocycles. The molecule has 0 saturated carbocycles. The number of hydrazine groups is 1. The van der Waals surface area contributed by atoms with Gasteiger partial charge in [-0.1, -0.05) is 42.0 Å². The van der Waals surface area contributed by atoms with Crippen LogP contribution in [-0.4, -0.2) is 130 Å². The van der Waals surface area contributed by atoms with Gasteiger partial charge in [0.25, 0.3) is 5.95 Å². The van der Waals surface area contributed by atoms with E-state index in [1.165, 1.54) is 43.0 Å². The van der Waals surface area contributed by atoms with Crippen LogP contribution >= 0.6 is 0 Å². The van der Waals surface area contributed by atoms with Gasteiger partial charge in [0.1, 0.15) is 38.5 Å². The Morgan fingerprint density at radius 1 is 0.761 bits per heavy atom. The van der Waals surface area contributed by atoms with E-state index in [0.717, 1.165) is 17.5 Å². The fraction of sp³-hybridized carbons (Fsp3) is 0.415. The van der Waals surface area contributed by atoms with Crippen LogP contribution in [0.25, 0.3) is 51.3 Å². The Kier molecular flexibility index (Phi) is 19.8. The minimum absolute atomic E-state index is 0. The molecule has 5 N–H and O–H groups in total. The van der Waals surface area contributed by atoms with Crippen molar-refractivity contribution in [2.24, 2.45) is 24.9 Å². The second-order valence-electron chi connectivity index (χ2n) is 13.9. The summed E-state index contributed by atoms with van der Waals surface area (Å²) < 4.78 is 59.3. The largest absolute Gasteiger partial charge is 0.483 e. The van der Waals surface area contributed by atoms with Gasteiger partial charge >= 0.3 is 0 Å². The zero-order chi connectivity index (χ0) is 48.8. The number of aromatic nitrogens is 13. The lowest BCUT2D eigenvalue weighted by Gasteiger charge is -2.13. The Hall–Kier alpha value is -7.08. The standard InChI is InChI=1S/C16H17N9O2S.C14H17N7O2S.C6H15N.C4H6N2O.CH4/c1-4-28(26,27)11-7-19-16(25-15(17)20-8-21-25)23-12(11)14-22-10-5-9(2)6-18-13(10)24(14)3;1-4-24(22,23)10-7-17-14(20-15)19-11(10)13-18-9-5-8(2)6-16-12(9)21(13)3;1-4-7(5-2)6-3;1-2-7-4-6-3-5;/h5-8H,4H2,1-3H3,(H2,17,20,21);5-7H,4,15H2,1-3H3,(H,17,19,20);4-6H2,1-3H3;4H,2H2,1H3;1H4. The van der Waals surface area contributed by atoms with Crippen molar-refractivity contribution in [3.63, 3.8) is 0 Å². The van der Waals surface area contributed by atoms with Gasteiger partial charge in [-0.3, -0.25) is 5.43 Å². The molecule has 0 unspecified atom stereocenters. The van der Waals surface area contributed by atoms with Crippen molar-refractivity contribution >= 4 is 60.3 Å². The number of aliphatic imine (C=N–C) groups is 1. The van der Waals surface area contributed by atoms with Gasteiger partial charge in [-0.25, -0.2) is 62.6 Å². The number of hydrogen-bond acceptors (Lipinski definition) is 21. The van der Waals surface area contributed by atoms with Gasteiger partial charge in [0.2, 0.25) is 18.1 Å². The van der Waals surface area contributed by atoms with E-state index in [1.807, 2.05) is 32.9 Å². The first kappa shape index (κ1) is 54.3. The van der Waals surface area contributed by atoms with Crippen molar-refractivity contribution in [1.29, 1.82) is 5.26 Å². The number of nitrogens with two attached hydrogens (primary N) is 2. The number of pyridine rings is 2. The number of imidazole rings is 2. The molecule has 67 heavy (non-hydrogen) atoms. The zero-order valence-electron chi connectivity index (χ0n) is 38.5. The summed E-state index contributed by atoms with van der Waals surface area (Å²) >= 11 is 0. The van der Waals surface area contributed by atoms with Gasteiger partial charge in [0, 0.05) is 26.5 Å². The number of anilines is 2. The lowest BCUT2D eigenvalue weighted by molar-refractivity contribution is 0.321. The third-order valence-corrected chi connectivity index (χ3v) is 13.1. The summed E-state index contributed by atoms with van der Waals surface area (Å²) in [4.78, 5) is 43.8. The molecule has 7 rings (SSSR count). The summed E-state index contributed by atoms with van der Waals surface area (Å²) in [5, 5.41) is 11.7. The monoisotopic (exact) mass is 961 g/mol. The van der Waals surface area contributed by atoms with Crippen LogP contribution in [0.2, 0.25) is 0 Å². The predicted octanol–water partition coefficient (Wildman–Crippen LogP) is 4.02. The molecule has 26 heteroatoms. The van der Waals surface area contributed by atoms with Gasteiger partial charge in [0.05, 0.1) is 30.5 Å². The van der Waals surface area contributed by atoms with E-state index in [2.05, 4.69) is 90.8 Å². The second-order valence-corrected chi connectivity index (χ2v) is 18.4. The highest BCUT2D eigenvalue weighted by molar-refractivity contribution is 7.91. The topological polar surface area (TPSA) is 325 Å². The maximum atomic E-state index is 12.6. The van der Waals surface area contributed by atoms with Crippen LogP contribution in [0.3, 0.4) is 0 Å². The Morgan fingerprint density at radius 3 is 1.66 bits per heavy atom. The molecule has 7 heterocycles. The van der Waals surface area contributed by atoms with Gasteiger partial charge in [-0.05, 0) is 63.7 Å². The Bertz CT molecular complexity index is 3040. The molecule has 0 fully saturated rings. The molecular weight excluding hydrogens is 903 g/mol. The molecule has 24 nitrogen and oxygen atoms in total. The molecule has 0 aromatic carbocycles. The minimum atomic E-state index is -3.61. The summed E-state index contributed by atoms with van der Waals surface area (Å²) in [6, 6.07) is 3.75. The first-order valence-electron chi connectivity index (χ1n) is 20.6. The first-order chi connectivity index (χ1) is 31.4. The molecule has 0 aliphatic rings. The van der Waals surface area contributed by atoms with Crippen molar-refractivity contribution in [3.05, 3.63) is 54.4 Å². The molecule has 360 valence electrons. The van der Waals surface area contributed by atoms with Crippen LogP contribution in [0.1, 0.15) is 60.1 Å². The van der Waals surface area contributed by atoms with E-state index in [-0.39, 0.29) is 58.0 Å². The number of nitriles is 1. The third-order valence-electron chi connectivity index (χ3n) is 9.63. The Morgan fingerprint density at radius 2 is 1.25 bits per heavy atom. The van der Waals surface area contributed by atoms with Gasteiger partial charge < -0.3 is 24.5 Å². The number of sulfone groups is 2. The van der Waals surface area contributed by atoms with Gasteiger partial charge in [-0.2, -0.15) is 20.0 Å². The van der Waals surface area contributed by atoms with Gasteiger partial charge in [-0.15, -0.1) is 4.99 Å². The van der Waals surface area contributed by atoms with Crippen molar-refractivity contribution < 1.29 is 21.6 Å². The second kappa shape index (κ2) is 24.4. The van der Waals surface area contributed by atoms with Crippen molar-refractivity contribution in [2.75, 3.05) is 48.9 Å². The van der Waals surface area contributed by atoms with E-state index >= 15 is 0 Å². The number of aryl methyl sites for hydroxylation is 4. The molecule has 0 bridgehead atoms. The summed E-state index contributed by atoms with van der Waals surface area (Å²) in [6.07, 6.45) is 9.87. The lowest BCUT2D eigenvalue weighted by Crippen LogP contribution is -2.21. The quantitative estimate of drug-likeness (QED) is 0.0483. The van der Waals surface area contributed by atoms with E-state index in [4.69, 9.17) is 16.8 Å². The molecule has 0 radical (unpaired) electrons. The maximum Gasteiger partial charge on any atom is 0.254 e. The molecule has 7 aromatic rings. The van der Waals surface area contributed by atoms with Crippen molar-refractivity contribution in [3.8, 4) is 35.2 Å². The average molecular weight is 962 g/mol. The maximum absolute atomic E-state index is 12.6. The molecule has 0 aliphatic carbocycles. The number of hydrogen-bond donors (Lipinski definition) is 3. The lowest BCUT2D eigenvalue weighted by atomic mass is 10.3. The zero-order valence-corrected chi connectivity index (χ0v) is 40.2. The molecule has 0 amide bonds. The summed E-state index contributed by atoms with van der Waals surface area (Å²) in [5.41, 5.74) is 12.9. The number of nitrogens with zero attached hydrogens (tertiary/aromatic N) is 16. The number of nitrogen functional groups attached to an aromatic ring is 2. The smallest absolute Gasteiger partial charge is 0.254 e. The fourth-order valence-corrected chi connectivity index (χ4v) is 7.89. The fourth-order valence-electron chi connectivity index (χ4n) is 5.98. The molecular formula is C41H59N19O5S2. The van der Waals surface area contributed by atoms with Crippen molar-refractivity contribution in [2.45, 2.75) is 72.6 Å². The van der Waals surface area contributed by atoms with Crippen molar-refractivity contribution in [1.82, 2.24) is 68.7 Å². The van der Waals surface area contributed by atoms with Gasteiger partial charge in [0.15, 0.2) is 49.0 Å².